The highest BCUT2D eigenvalue weighted by molar-refractivity contribution is 5.61. The van der Waals surface area contributed by atoms with Crippen LogP contribution in [0.2, 0.25) is 0 Å². The molecule has 0 aromatic heterocycles. The molecule has 0 saturated carbocycles. The van der Waals surface area contributed by atoms with Gasteiger partial charge < -0.3 is 0 Å². The minimum atomic E-state index is 1.14. The third-order valence-electron chi connectivity index (χ3n) is 2.45. The van der Waals surface area contributed by atoms with Crippen molar-refractivity contribution in [2.75, 3.05) is 0 Å². The lowest BCUT2D eigenvalue weighted by Crippen LogP contribution is -1.92. The molecular weight excluding hydrogens is 144 g/mol. The summed E-state index contributed by atoms with van der Waals surface area (Å²) in [4.78, 5) is 0. The van der Waals surface area contributed by atoms with Gasteiger partial charge in [-0.2, -0.15) is 0 Å². The molecule has 0 fully saturated rings. The number of hydrogen-bond donors (Lipinski definition) is 0. The fourth-order valence-corrected chi connectivity index (χ4v) is 1.87. The molecule has 1 aliphatic carbocycles. The van der Waals surface area contributed by atoms with Gasteiger partial charge in [0, 0.05) is 0 Å². The van der Waals surface area contributed by atoms with E-state index >= 15 is 0 Å². The first-order chi connectivity index (χ1) is 5.92. The number of aryl methyl sites for hydroxylation is 1. The summed E-state index contributed by atoms with van der Waals surface area (Å²) in [5.41, 5.74) is 4.53. The van der Waals surface area contributed by atoms with Crippen molar-refractivity contribution in [2.24, 2.45) is 0 Å². The smallest absolute Gasteiger partial charge is 0.00854 e. The van der Waals surface area contributed by atoms with Crippen molar-refractivity contribution >= 4 is 6.08 Å². The summed E-state index contributed by atoms with van der Waals surface area (Å²) >= 11 is 0. The van der Waals surface area contributed by atoms with Crippen LogP contribution in [0, 0.1) is 0 Å². The predicted molar refractivity (Wildman–Crippen MR) is 53.2 cm³/mol. The highest BCUT2D eigenvalue weighted by Gasteiger charge is 2.07. The predicted octanol–water partition coefficient (Wildman–Crippen LogP) is 3.21. The number of rotatable bonds is 2. The van der Waals surface area contributed by atoms with Crippen LogP contribution in [-0.4, -0.2) is 0 Å². The molecule has 0 spiro atoms. The lowest BCUT2D eigenvalue weighted by molar-refractivity contribution is 0.908. The minimum Gasteiger partial charge on any atom is -0.0795 e. The molecule has 0 N–H and O–H groups in total. The Kier molecular flexibility index (Phi) is 1.99. The van der Waals surface area contributed by atoms with E-state index in [1.54, 1.807) is 11.1 Å². The molecule has 0 heterocycles. The largest absolute Gasteiger partial charge is 0.0795 e. The van der Waals surface area contributed by atoms with E-state index in [2.05, 4.69) is 37.3 Å². The minimum absolute atomic E-state index is 1.14. The Bertz CT molecular complexity index is 308. The van der Waals surface area contributed by atoms with Crippen molar-refractivity contribution in [3.63, 3.8) is 0 Å². The highest BCUT2D eigenvalue weighted by Crippen LogP contribution is 2.23. The summed E-state index contributed by atoms with van der Waals surface area (Å²) in [7, 11) is 0. The first-order valence-electron chi connectivity index (χ1n) is 4.69. The standard InChI is InChI=1S/C12H14/c1-2-5-10-6-3-7-11-8-4-9-12(10)11/h3-4,6-8H,2,5,9H2,1H3. The molecule has 62 valence electrons. The van der Waals surface area contributed by atoms with E-state index in [9.17, 15) is 0 Å². The summed E-state index contributed by atoms with van der Waals surface area (Å²) in [6.45, 7) is 2.24. The Labute approximate surface area is 73.9 Å². The molecule has 0 aliphatic heterocycles. The van der Waals surface area contributed by atoms with Gasteiger partial charge in [0.1, 0.15) is 0 Å². The Morgan fingerprint density at radius 3 is 3.08 bits per heavy atom. The first kappa shape index (κ1) is 7.60. The van der Waals surface area contributed by atoms with E-state index in [-0.39, 0.29) is 0 Å². The number of fused-ring (bicyclic) bond motifs is 1. The van der Waals surface area contributed by atoms with E-state index in [1.165, 1.54) is 18.4 Å². The van der Waals surface area contributed by atoms with E-state index in [4.69, 9.17) is 0 Å². The molecule has 12 heavy (non-hydrogen) atoms. The lowest BCUT2D eigenvalue weighted by atomic mass is 9.99. The molecule has 1 aromatic carbocycles. The zero-order valence-electron chi connectivity index (χ0n) is 7.51. The van der Waals surface area contributed by atoms with Crippen LogP contribution in [0.15, 0.2) is 24.3 Å². The Morgan fingerprint density at radius 2 is 2.25 bits per heavy atom. The van der Waals surface area contributed by atoms with Crippen LogP contribution in [0.4, 0.5) is 0 Å². The zero-order chi connectivity index (χ0) is 8.39. The second kappa shape index (κ2) is 3.14. The molecular formula is C12H14. The van der Waals surface area contributed by atoms with Crippen molar-refractivity contribution in [3.05, 3.63) is 41.0 Å². The topological polar surface area (TPSA) is 0 Å². The van der Waals surface area contributed by atoms with Crippen LogP contribution < -0.4 is 0 Å². The van der Waals surface area contributed by atoms with E-state index in [0.717, 1.165) is 6.42 Å². The van der Waals surface area contributed by atoms with E-state index < -0.39 is 0 Å². The SMILES string of the molecule is CCCc1cccc2c1CC=C2. The van der Waals surface area contributed by atoms with E-state index in [1.807, 2.05) is 0 Å². The van der Waals surface area contributed by atoms with Crippen LogP contribution in [0.5, 0.6) is 0 Å². The molecule has 0 amide bonds. The monoisotopic (exact) mass is 158 g/mol. The van der Waals surface area contributed by atoms with Crippen LogP contribution in [-0.2, 0) is 12.8 Å². The summed E-state index contributed by atoms with van der Waals surface area (Å²) < 4.78 is 0. The molecule has 0 bridgehead atoms. The van der Waals surface area contributed by atoms with Gasteiger partial charge in [0.25, 0.3) is 0 Å². The second-order valence-electron chi connectivity index (χ2n) is 3.34. The van der Waals surface area contributed by atoms with Crippen molar-refractivity contribution in [3.8, 4) is 0 Å². The van der Waals surface area contributed by atoms with Gasteiger partial charge >= 0.3 is 0 Å². The fraction of sp³-hybridized carbons (Fsp3) is 0.333. The van der Waals surface area contributed by atoms with Gasteiger partial charge in [-0.3, -0.25) is 0 Å². The van der Waals surface area contributed by atoms with Crippen molar-refractivity contribution in [2.45, 2.75) is 26.2 Å². The maximum absolute atomic E-state index is 2.26. The summed E-state index contributed by atoms with van der Waals surface area (Å²) in [6.07, 6.45) is 8.10. The van der Waals surface area contributed by atoms with E-state index in [0.29, 0.717) is 0 Å². The lowest BCUT2D eigenvalue weighted by Gasteiger charge is -2.06. The molecule has 0 atom stereocenters. The van der Waals surface area contributed by atoms with Gasteiger partial charge in [0.15, 0.2) is 0 Å². The van der Waals surface area contributed by atoms with Crippen LogP contribution >= 0.6 is 0 Å². The maximum atomic E-state index is 2.26. The molecule has 1 aliphatic rings. The molecule has 0 saturated heterocycles. The van der Waals surface area contributed by atoms with Gasteiger partial charge in [-0.25, -0.2) is 0 Å². The number of hydrogen-bond acceptors (Lipinski definition) is 0. The van der Waals surface area contributed by atoms with Crippen LogP contribution in [0.1, 0.15) is 30.0 Å². The summed E-state index contributed by atoms with van der Waals surface area (Å²) in [5, 5.41) is 0. The normalized spacial score (nSPS) is 13.4. The third-order valence-corrected chi connectivity index (χ3v) is 2.45. The summed E-state index contributed by atoms with van der Waals surface area (Å²) in [5.74, 6) is 0. The van der Waals surface area contributed by atoms with Gasteiger partial charge in [0.05, 0.1) is 0 Å². The molecule has 0 heteroatoms. The Morgan fingerprint density at radius 1 is 1.33 bits per heavy atom. The second-order valence-corrected chi connectivity index (χ2v) is 3.34. The molecule has 0 radical (unpaired) electrons. The highest BCUT2D eigenvalue weighted by atomic mass is 14.1. The van der Waals surface area contributed by atoms with Gasteiger partial charge in [0.2, 0.25) is 0 Å². The molecule has 1 aromatic rings. The van der Waals surface area contributed by atoms with Gasteiger partial charge in [-0.1, -0.05) is 43.7 Å². The number of benzene rings is 1. The summed E-state index contributed by atoms with van der Waals surface area (Å²) in [6, 6.07) is 6.63. The zero-order valence-corrected chi connectivity index (χ0v) is 7.51. The van der Waals surface area contributed by atoms with Crippen molar-refractivity contribution in [1.82, 2.24) is 0 Å². The van der Waals surface area contributed by atoms with Crippen molar-refractivity contribution in [1.29, 1.82) is 0 Å². The molecule has 2 rings (SSSR count). The molecule has 0 unspecified atom stereocenters. The maximum Gasteiger partial charge on any atom is -0.00854 e. The van der Waals surface area contributed by atoms with Crippen LogP contribution in [0.3, 0.4) is 0 Å². The van der Waals surface area contributed by atoms with Gasteiger partial charge in [-0.15, -0.1) is 0 Å². The quantitative estimate of drug-likeness (QED) is 0.620. The fourth-order valence-electron chi connectivity index (χ4n) is 1.87. The van der Waals surface area contributed by atoms with Gasteiger partial charge in [-0.05, 0) is 29.5 Å². The van der Waals surface area contributed by atoms with Crippen molar-refractivity contribution < 1.29 is 0 Å². The average molecular weight is 158 g/mol. The number of allylic oxidation sites excluding steroid dienone is 1. The average Bonchev–Trinajstić information content (AvgIpc) is 2.53. The third kappa shape index (κ3) is 1.18. The first-order valence-corrected chi connectivity index (χ1v) is 4.69. The van der Waals surface area contributed by atoms with Crippen LogP contribution in [0.25, 0.3) is 6.08 Å². The Hall–Kier alpha value is -1.04. The Balaban J connectivity index is 2.39. The molecule has 0 nitrogen and oxygen atoms in total.